The maximum Gasteiger partial charge on any atom is 0.410 e. The van der Waals surface area contributed by atoms with Crippen molar-refractivity contribution in [1.29, 1.82) is 0 Å². The summed E-state index contributed by atoms with van der Waals surface area (Å²) in [7, 11) is 3.22. The lowest BCUT2D eigenvalue weighted by atomic mass is 9.87. The summed E-state index contributed by atoms with van der Waals surface area (Å²) in [6, 6.07) is 8.13. The van der Waals surface area contributed by atoms with Gasteiger partial charge in [-0.05, 0) is 58.9 Å². The molecular weight excluding hydrogens is 541 g/mol. The highest BCUT2D eigenvalue weighted by Gasteiger charge is 2.47. The van der Waals surface area contributed by atoms with Crippen LogP contribution in [0.2, 0.25) is 5.02 Å². The predicted molar refractivity (Wildman–Crippen MR) is 150 cm³/mol. The van der Waals surface area contributed by atoms with Crippen molar-refractivity contribution in [3.63, 3.8) is 0 Å². The molecule has 0 spiro atoms. The molecule has 10 nitrogen and oxygen atoms in total. The van der Waals surface area contributed by atoms with E-state index in [1.165, 1.54) is 24.4 Å². The Balaban J connectivity index is 1.68. The van der Waals surface area contributed by atoms with Crippen LogP contribution in [0.3, 0.4) is 0 Å². The van der Waals surface area contributed by atoms with Gasteiger partial charge in [-0.15, -0.1) is 0 Å². The smallest absolute Gasteiger partial charge is 0.410 e. The van der Waals surface area contributed by atoms with Crippen LogP contribution < -0.4 is 10.1 Å². The quantitative estimate of drug-likeness (QED) is 0.380. The van der Waals surface area contributed by atoms with E-state index in [-0.39, 0.29) is 23.8 Å². The summed E-state index contributed by atoms with van der Waals surface area (Å²) in [6.45, 7) is 5.85. The molecule has 1 fully saturated rings. The van der Waals surface area contributed by atoms with Crippen LogP contribution in [-0.4, -0.2) is 75.3 Å². The van der Waals surface area contributed by atoms with Gasteiger partial charge in [0.1, 0.15) is 29.0 Å². The number of fused-ring (bicyclic) bond motifs is 1. The minimum absolute atomic E-state index is 0.0285. The number of likely N-dealkylation sites (N-methyl/N-ethyl adjacent to an activating group) is 1. The Morgan fingerprint density at radius 2 is 2.02 bits per heavy atom. The van der Waals surface area contributed by atoms with Gasteiger partial charge in [-0.25, -0.2) is 19.2 Å². The van der Waals surface area contributed by atoms with E-state index in [1.54, 1.807) is 57.0 Å². The predicted octanol–water partition coefficient (Wildman–Crippen LogP) is 5.46. The minimum Gasteiger partial charge on any atom is -0.496 e. The van der Waals surface area contributed by atoms with Crippen molar-refractivity contribution in [3.05, 3.63) is 53.1 Å². The minimum atomic E-state index is -1.35. The Morgan fingerprint density at radius 1 is 1.27 bits per heavy atom. The fraction of sp³-hybridized carbons (Fsp3) is 0.429. The zero-order chi connectivity index (χ0) is 29.2. The number of rotatable bonds is 7. The van der Waals surface area contributed by atoms with Gasteiger partial charge in [0.15, 0.2) is 5.82 Å². The van der Waals surface area contributed by atoms with E-state index in [0.29, 0.717) is 47.4 Å². The van der Waals surface area contributed by atoms with E-state index >= 15 is 0 Å². The van der Waals surface area contributed by atoms with Crippen molar-refractivity contribution >= 4 is 46.1 Å². The Hall–Kier alpha value is -3.70. The first-order valence-corrected chi connectivity index (χ1v) is 13.2. The van der Waals surface area contributed by atoms with Crippen LogP contribution in [0.15, 0.2) is 36.7 Å². The number of likely N-dealkylation sites (tertiary alicyclic amines) is 1. The zero-order valence-corrected chi connectivity index (χ0v) is 23.9. The first kappa shape index (κ1) is 29.3. The monoisotopic (exact) mass is 573 g/mol. The topological polar surface area (TPSA) is 117 Å². The Morgan fingerprint density at radius 3 is 2.70 bits per heavy atom. The van der Waals surface area contributed by atoms with E-state index in [2.05, 4.69) is 15.3 Å². The maximum absolute atomic E-state index is 14.6. The number of aromatic nitrogens is 2. The van der Waals surface area contributed by atoms with Gasteiger partial charge >= 0.3 is 12.1 Å². The van der Waals surface area contributed by atoms with E-state index in [4.69, 9.17) is 21.1 Å². The van der Waals surface area contributed by atoms with Gasteiger partial charge in [0.25, 0.3) is 0 Å². The molecule has 2 aromatic carbocycles. The number of ether oxygens (including phenoxy) is 2. The van der Waals surface area contributed by atoms with E-state index in [0.717, 1.165) is 0 Å². The summed E-state index contributed by atoms with van der Waals surface area (Å²) in [4.78, 5) is 37.3. The largest absolute Gasteiger partial charge is 0.496 e. The van der Waals surface area contributed by atoms with E-state index in [1.807, 2.05) is 0 Å². The second kappa shape index (κ2) is 11.4. The number of hydrogen-bond donors (Lipinski definition) is 2. The molecule has 1 aromatic heterocycles. The SMILES string of the molecule is COc1cc2ncnc(Nc3cccc(Cl)c3F)c2cc1CN(C)C1(C(=O)O)CCCN(C(=O)OC(C)(C)C)C1. The van der Waals surface area contributed by atoms with Gasteiger partial charge in [0, 0.05) is 30.1 Å². The number of piperidine rings is 1. The van der Waals surface area contributed by atoms with Crippen molar-refractivity contribution in [2.24, 2.45) is 0 Å². The van der Waals surface area contributed by atoms with Gasteiger partial charge in [0.05, 0.1) is 29.9 Å². The molecule has 1 aliphatic rings. The van der Waals surface area contributed by atoms with Crippen molar-refractivity contribution in [2.75, 3.05) is 32.6 Å². The third-order valence-electron chi connectivity index (χ3n) is 6.90. The summed E-state index contributed by atoms with van der Waals surface area (Å²) in [5, 5.41) is 13.9. The average Bonchev–Trinajstić information content (AvgIpc) is 2.90. The summed E-state index contributed by atoms with van der Waals surface area (Å²) in [6.07, 6.45) is 1.65. The molecule has 1 amide bonds. The first-order chi connectivity index (χ1) is 18.8. The number of benzene rings is 2. The van der Waals surface area contributed by atoms with Crippen molar-refractivity contribution in [1.82, 2.24) is 19.8 Å². The van der Waals surface area contributed by atoms with Gasteiger partial charge < -0.3 is 24.8 Å². The molecule has 0 saturated carbocycles. The van der Waals surface area contributed by atoms with Crippen LogP contribution in [-0.2, 0) is 16.1 Å². The number of carboxylic acids is 1. The molecule has 214 valence electrons. The van der Waals surface area contributed by atoms with Crippen LogP contribution in [0.4, 0.5) is 20.7 Å². The highest BCUT2D eigenvalue weighted by Crippen LogP contribution is 2.35. The highest BCUT2D eigenvalue weighted by atomic mass is 35.5. The molecule has 1 unspecified atom stereocenters. The number of carbonyl (C=O) groups is 2. The molecule has 4 rings (SSSR count). The second-order valence-corrected chi connectivity index (χ2v) is 11.2. The van der Waals surface area contributed by atoms with Gasteiger partial charge in [-0.3, -0.25) is 9.69 Å². The molecular formula is C28H33ClFN5O5. The fourth-order valence-corrected chi connectivity index (χ4v) is 5.02. The van der Waals surface area contributed by atoms with Crippen LogP contribution in [0.25, 0.3) is 10.9 Å². The average molecular weight is 574 g/mol. The molecule has 2 heterocycles. The normalized spacial score (nSPS) is 17.6. The highest BCUT2D eigenvalue weighted by molar-refractivity contribution is 6.31. The number of carbonyl (C=O) groups excluding carboxylic acids is 1. The standard InChI is InChI=1S/C28H33ClFN5O5/c1-27(2,3)40-26(38)35-11-7-10-28(15-35,25(36)37)34(4)14-17-12-18-21(13-22(17)39-5)31-16-32-24(18)33-20-9-6-8-19(29)23(20)30/h6,8-9,12-13,16H,7,10-11,14-15H2,1-5H3,(H,36,37)(H,31,32,33). The summed E-state index contributed by atoms with van der Waals surface area (Å²) >= 11 is 5.94. The van der Waals surface area contributed by atoms with Crippen LogP contribution in [0.1, 0.15) is 39.2 Å². The Bertz CT molecular complexity index is 1430. The molecule has 0 bridgehead atoms. The fourth-order valence-electron chi connectivity index (χ4n) is 4.84. The number of methoxy groups -OCH3 is 1. The number of amides is 1. The van der Waals surface area contributed by atoms with Gasteiger partial charge in [-0.1, -0.05) is 17.7 Å². The van der Waals surface area contributed by atoms with E-state index < -0.39 is 29.0 Å². The number of carboxylic acid groups (broad SMARTS) is 1. The van der Waals surface area contributed by atoms with Crippen LogP contribution in [0.5, 0.6) is 5.75 Å². The van der Waals surface area contributed by atoms with E-state index in [9.17, 15) is 19.1 Å². The zero-order valence-electron chi connectivity index (χ0n) is 23.1. The number of nitrogens with zero attached hydrogens (tertiary/aromatic N) is 4. The van der Waals surface area contributed by atoms with Gasteiger partial charge in [-0.2, -0.15) is 0 Å². The maximum atomic E-state index is 14.6. The number of nitrogens with one attached hydrogen (secondary N) is 1. The molecule has 2 N–H and O–H groups in total. The number of halogens is 2. The molecule has 1 aliphatic heterocycles. The number of anilines is 2. The third kappa shape index (κ3) is 6.05. The third-order valence-corrected chi connectivity index (χ3v) is 7.19. The molecule has 1 atom stereocenters. The number of aliphatic carboxylic acids is 1. The summed E-state index contributed by atoms with van der Waals surface area (Å²) < 4.78 is 25.7. The molecule has 12 heteroatoms. The molecule has 3 aromatic rings. The van der Waals surface area contributed by atoms with Crippen molar-refractivity contribution in [2.45, 2.75) is 51.3 Å². The Labute approximate surface area is 237 Å². The summed E-state index contributed by atoms with van der Waals surface area (Å²) in [5.41, 5.74) is -0.696. The molecule has 0 radical (unpaired) electrons. The lowest BCUT2D eigenvalue weighted by molar-refractivity contribution is -0.155. The van der Waals surface area contributed by atoms with Gasteiger partial charge in [0.2, 0.25) is 0 Å². The lowest BCUT2D eigenvalue weighted by Crippen LogP contribution is -2.63. The molecule has 40 heavy (non-hydrogen) atoms. The molecule has 1 saturated heterocycles. The van der Waals surface area contributed by atoms with Crippen LogP contribution >= 0.6 is 11.6 Å². The molecule has 0 aliphatic carbocycles. The summed E-state index contributed by atoms with van der Waals surface area (Å²) in [5.74, 6) is -0.803. The lowest BCUT2D eigenvalue weighted by Gasteiger charge is -2.45. The second-order valence-electron chi connectivity index (χ2n) is 10.8. The van der Waals surface area contributed by atoms with Crippen molar-refractivity contribution < 1.29 is 28.6 Å². The number of hydrogen-bond acceptors (Lipinski definition) is 8. The Kier molecular flexibility index (Phi) is 8.36. The van der Waals surface area contributed by atoms with Crippen LogP contribution in [0, 0.1) is 5.82 Å². The van der Waals surface area contributed by atoms with Crippen molar-refractivity contribution in [3.8, 4) is 5.75 Å². The first-order valence-electron chi connectivity index (χ1n) is 12.8.